The monoisotopic (exact) mass is 343 g/mol. The summed E-state index contributed by atoms with van der Waals surface area (Å²) in [6, 6.07) is 7.04. The lowest BCUT2D eigenvalue weighted by molar-refractivity contribution is 0.0891. The van der Waals surface area contributed by atoms with Crippen molar-refractivity contribution in [1.82, 2.24) is 14.8 Å². The second-order valence-electron chi connectivity index (χ2n) is 7.25. The average molecular weight is 343 g/mol. The molecule has 2 aliphatic heterocycles. The number of aromatic nitrogens is 1. The highest BCUT2D eigenvalue weighted by molar-refractivity contribution is 5.52. The maximum Gasteiger partial charge on any atom is 0.226 e. The molecule has 134 valence electrons. The molecule has 1 aromatic heterocycles. The first-order chi connectivity index (χ1) is 12.3. The molecule has 0 spiro atoms. The van der Waals surface area contributed by atoms with Crippen LogP contribution in [0.3, 0.4) is 0 Å². The Balaban J connectivity index is 1.31. The second-order valence-corrected chi connectivity index (χ2v) is 7.25. The van der Waals surface area contributed by atoms with E-state index in [2.05, 4.69) is 14.8 Å². The minimum Gasteiger partial charge on any atom is -0.444 e. The Morgan fingerprint density at radius 2 is 1.72 bits per heavy atom. The average Bonchev–Trinajstić information content (AvgIpc) is 3.12. The van der Waals surface area contributed by atoms with E-state index < -0.39 is 0 Å². The number of piperidine rings is 2. The molecule has 1 aromatic carbocycles. The number of benzene rings is 1. The van der Waals surface area contributed by atoms with E-state index in [0.717, 1.165) is 36.9 Å². The maximum atomic E-state index is 13.0. The molecule has 25 heavy (non-hydrogen) atoms. The number of likely N-dealkylation sites (tertiary alicyclic amines) is 2. The third-order valence-electron chi connectivity index (χ3n) is 5.49. The normalized spacial score (nSPS) is 20.8. The van der Waals surface area contributed by atoms with Gasteiger partial charge in [0.15, 0.2) is 0 Å². The van der Waals surface area contributed by atoms with E-state index in [-0.39, 0.29) is 5.82 Å². The van der Waals surface area contributed by atoms with Crippen LogP contribution in [0.1, 0.15) is 37.8 Å². The number of rotatable bonds is 4. The Hall–Kier alpha value is -1.72. The molecule has 0 aliphatic carbocycles. The van der Waals surface area contributed by atoms with Crippen molar-refractivity contribution in [3.8, 4) is 11.5 Å². The molecular formula is C20H26FN3O. The lowest BCUT2D eigenvalue weighted by Gasteiger charge is -2.40. The van der Waals surface area contributed by atoms with Gasteiger partial charge < -0.3 is 9.32 Å². The van der Waals surface area contributed by atoms with Crippen LogP contribution in [-0.4, -0.2) is 47.0 Å². The van der Waals surface area contributed by atoms with Gasteiger partial charge in [-0.25, -0.2) is 9.37 Å². The largest absolute Gasteiger partial charge is 0.444 e. The van der Waals surface area contributed by atoms with Gasteiger partial charge >= 0.3 is 0 Å². The van der Waals surface area contributed by atoms with Gasteiger partial charge in [0.25, 0.3) is 0 Å². The zero-order chi connectivity index (χ0) is 17.1. The van der Waals surface area contributed by atoms with Gasteiger partial charge in [-0.3, -0.25) is 4.90 Å². The molecule has 0 amide bonds. The van der Waals surface area contributed by atoms with Gasteiger partial charge in [0.05, 0.1) is 5.69 Å². The molecule has 4 nitrogen and oxygen atoms in total. The fourth-order valence-corrected chi connectivity index (χ4v) is 4.06. The van der Waals surface area contributed by atoms with Crippen LogP contribution in [0.2, 0.25) is 0 Å². The smallest absolute Gasteiger partial charge is 0.226 e. The van der Waals surface area contributed by atoms with Gasteiger partial charge in [-0.05, 0) is 63.0 Å². The van der Waals surface area contributed by atoms with Crippen molar-refractivity contribution in [3.05, 3.63) is 42.0 Å². The second kappa shape index (κ2) is 7.67. The summed E-state index contributed by atoms with van der Waals surface area (Å²) in [6.07, 6.45) is 8.37. The first kappa shape index (κ1) is 16.7. The lowest BCUT2D eigenvalue weighted by atomic mass is 10.00. The molecule has 4 rings (SSSR count). The van der Waals surface area contributed by atoms with Crippen molar-refractivity contribution in [1.29, 1.82) is 0 Å². The van der Waals surface area contributed by atoms with Crippen LogP contribution in [0.4, 0.5) is 4.39 Å². The van der Waals surface area contributed by atoms with Crippen LogP contribution in [-0.2, 0) is 6.54 Å². The van der Waals surface area contributed by atoms with Crippen LogP contribution < -0.4 is 0 Å². The predicted molar refractivity (Wildman–Crippen MR) is 95.6 cm³/mol. The molecule has 0 bridgehead atoms. The maximum absolute atomic E-state index is 13.0. The van der Waals surface area contributed by atoms with Crippen molar-refractivity contribution >= 4 is 0 Å². The molecule has 0 atom stereocenters. The summed E-state index contributed by atoms with van der Waals surface area (Å²) >= 11 is 0. The summed E-state index contributed by atoms with van der Waals surface area (Å²) in [5, 5.41) is 0. The summed E-state index contributed by atoms with van der Waals surface area (Å²) in [4.78, 5) is 9.73. The van der Waals surface area contributed by atoms with Gasteiger partial charge in [0, 0.05) is 31.2 Å². The first-order valence-electron chi connectivity index (χ1n) is 9.45. The van der Waals surface area contributed by atoms with E-state index in [4.69, 9.17) is 4.42 Å². The van der Waals surface area contributed by atoms with Gasteiger partial charge in [-0.2, -0.15) is 0 Å². The summed E-state index contributed by atoms with van der Waals surface area (Å²) < 4.78 is 18.6. The Kier molecular flexibility index (Phi) is 5.13. The van der Waals surface area contributed by atoms with E-state index in [0.29, 0.717) is 5.89 Å². The highest BCUT2D eigenvalue weighted by Crippen LogP contribution is 2.23. The zero-order valence-corrected chi connectivity index (χ0v) is 14.7. The molecule has 2 saturated heterocycles. The van der Waals surface area contributed by atoms with Gasteiger partial charge in [-0.15, -0.1) is 0 Å². The fraction of sp³-hybridized carbons (Fsp3) is 0.550. The number of hydrogen-bond donors (Lipinski definition) is 0. The zero-order valence-electron chi connectivity index (χ0n) is 14.7. The third kappa shape index (κ3) is 4.10. The van der Waals surface area contributed by atoms with E-state index >= 15 is 0 Å². The number of nitrogens with zero attached hydrogens (tertiary/aromatic N) is 3. The third-order valence-corrected chi connectivity index (χ3v) is 5.49. The van der Waals surface area contributed by atoms with Gasteiger partial charge in [-0.1, -0.05) is 6.42 Å². The summed E-state index contributed by atoms with van der Waals surface area (Å²) in [5.74, 6) is 0.324. The van der Waals surface area contributed by atoms with E-state index in [9.17, 15) is 4.39 Å². The van der Waals surface area contributed by atoms with Crippen LogP contribution in [0.15, 0.2) is 34.9 Å². The summed E-state index contributed by atoms with van der Waals surface area (Å²) in [5.41, 5.74) is 1.77. The van der Waals surface area contributed by atoms with Crippen molar-refractivity contribution in [2.24, 2.45) is 0 Å². The van der Waals surface area contributed by atoms with Crippen molar-refractivity contribution in [2.45, 2.75) is 44.7 Å². The first-order valence-corrected chi connectivity index (χ1v) is 9.45. The molecule has 0 radical (unpaired) electrons. The van der Waals surface area contributed by atoms with Crippen LogP contribution >= 0.6 is 0 Å². The number of hydrogen-bond acceptors (Lipinski definition) is 4. The van der Waals surface area contributed by atoms with Crippen molar-refractivity contribution in [2.75, 3.05) is 26.2 Å². The molecule has 5 heteroatoms. The molecule has 2 aliphatic rings. The Morgan fingerprint density at radius 3 is 2.44 bits per heavy atom. The summed E-state index contributed by atoms with van der Waals surface area (Å²) in [7, 11) is 0. The van der Waals surface area contributed by atoms with Gasteiger partial charge in [0.1, 0.15) is 12.1 Å². The molecule has 2 aromatic rings. The Bertz CT molecular complexity index is 671. The number of halogens is 1. The Morgan fingerprint density at radius 1 is 1.00 bits per heavy atom. The molecule has 0 N–H and O–H groups in total. The topological polar surface area (TPSA) is 32.5 Å². The molecule has 0 unspecified atom stereocenters. The molecule has 2 fully saturated rings. The van der Waals surface area contributed by atoms with Crippen molar-refractivity contribution in [3.63, 3.8) is 0 Å². The lowest BCUT2D eigenvalue weighted by Crippen LogP contribution is -2.46. The van der Waals surface area contributed by atoms with Crippen molar-refractivity contribution < 1.29 is 8.81 Å². The highest BCUT2D eigenvalue weighted by Gasteiger charge is 2.25. The van der Waals surface area contributed by atoms with E-state index in [1.807, 2.05) is 0 Å². The quantitative estimate of drug-likeness (QED) is 0.842. The predicted octanol–water partition coefficient (Wildman–Crippen LogP) is 3.93. The van der Waals surface area contributed by atoms with Gasteiger partial charge in [0.2, 0.25) is 5.89 Å². The Labute approximate surface area is 148 Å². The molecular weight excluding hydrogens is 317 g/mol. The van der Waals surface area contributed by atoms with E-state index in [1.165, 1.54) is 57.3 Å². The minimum atomic E-state index is -0.243. The fourth-order valence-electron chi connectivity index (χ4n) is 4.06. The van der Waals surface area contributed by atoms with E-state index in [1.54, 1.807) is 18.4 Å². The van der Waals surface area contributed by atoms with Crippen LogP contribution in [0, 0.1) is 5.82 Å². The molecule has 0 saturated carbocycles. The highest BCUT2D eigenvalue weighted by atomic mass is 19.1. The standard InChI is InChI=1S/C20H26FN3O/c21-17-6-4-16(5-7-17)20-22-18(15-25-20)14-23-12-8-19(9-13-23)24-10-2-1-3-11-24/h4-7,15,19H,1-3,8-14H2. The molecule has 3 heterocycles. The SMILES string of the molecule is Fc1ccc(-c2nc(CN3CCC(N4CCCCC4)CC3)co2)cc1. The summed E-state index contributed by atoms with van der Waals surface area (Å²) in [6.45, 7) is 5.65. The minimum absolute atomic E-state index is 0.243. The van der Waals surface area contributed by atoms with Crippen LogP contribution in [0.5, 0.6) is 0 Å². The number of oxazole rings is 1. The van der Waals surface area contributed by atoms with Crippen LogP contribution in [0.25, 0.3) is 11.5 Å².